The van der Waals surface area contributed by atoms with Crippen molar-refractivity contribution >= 4 is 28.6 Å². The van der Waals surface area contributed by atoms with E-state index in [1.54, 1.807) is 31.2 Å². The Balaban J connectivity index is 2.18. The third-order valence-corrected chi connectivity index (χ3v) is 3.85. The van der Waals surface area contributed by atoms with Crippen LogP contribution in [0.3, 0.4) is 0 Å². The fourth-order valence-corrected chi connectivity index (χ4v) is 2.66. The first-order valence-electron chi connectivity index (χ1n) is 6.45. The zero-order chi connectivity index (χ0) is 15.5. The van der Waals surface area contributed by atoms with E-state index in [-0.39, 0.29) is 17.7 Å². The van der Waals surface area contributed by atoms with Crippen LogP contribution in [0, 0.1) is 0 Å². The summed E-state index contributed by atoms with van der Waals surface area (Å²) in [5.41, 5.74) is -0.907. The summed E-state index contributed by atoms with van der Waals surface area (Å²) in [6, 6.07) is 7.92. The van der Waals surface area contributed by atoms with Crippen molar-refractivity contribution in [3.63, 3.8) is 0 Å². The van der Waals surface area contributed by atoms with E-state index >= 15 is 0 Å². The van der Waals surface area contributed by atoms with Crippen LogP contribution in [-0.4, -0.2) is 35.2 Å². The molecule has 2 N–H and O–H groups in total. The molecule has 0 bridgehead atoms. The molecule has 0 spiro atoms. The van der Waals surface area contributed by atoms with Gasteiger partial charge in [0.25, 0.3) is 5.91 Å². The monoisotopic (exact) mass is 307 g/mol. The molecule has 1 aromatic carbocycles. The van der Waals surface area contributed by atoms with Gasteiger partial charge in [-0.25, -0.2) is 0 Å². The molecule has 0 fully saturated rings. The van der Waals surface area contributed by atoms with Gasteiger partial charge < -0.3 is 14.8 Å². The zero-order valence-electron chi connectivity index (χ0n) is 11.9. The number of aliphatic hydroxyl groups is 1. The third kappa shape index (κ3) is 3.86. The smallest absolute Gasteiger partial charge is 0.287 e. The molecule has 1 atom stereocenters. The molecule has 1 aromatic heterocycles. The molecule has 2 rings (SSSR count). The van der Waals surface area contributed by atoms with E-state index in [2.05, 4.69) is 5.32 Å². The molecule has 0 radical (unpaired) electrons. The number of rotatable bonds is 5. The second kappa shape index (κ2) is 6.32. The fraction of sp³-hybridized carbons (Fsp3) is 0.333. The van der Waals surface area contributed by atoms with Gasteiger partial charge in [0.2, 0.25) is 0 Å². The Hall–Kier alpha value is -1.79. The average molecular weight is 307 g/mol. The van der Waals surface area contributed by atoms with Crippen molar-refractivity contribution in [1.29, 1.82) is 0 Å². The average Bonchev–Trinajstić information content (AvgIpc) is 2.45. The summed E-state index contributed by atoms with van der Waals surface area (Å²) in [7, 11) is 0. The molecule has 1 amide bonds. The van der Waals surface area contributed by atoms with Crippen molar-refractivity contribution in [3.8, 4) is 0 Å². The SMILES string of the molecule is CSCC(C)(O)CNC(=O)c1cc(=O)c2ccccc2o1. The normalized spacial score (nSPS) is 13.9. The lowest BCUT2D eigenvalue weighted by Gasteiger charge is -2.22. The number of hydrogen-bond donors (Lipinski definition) is 2. The number of amides is 1. The van der Waals surface area contributed by atoms with Crippen LogP contribution in [0.4, 0.5) is 0 Å². The Bertz CT molecular complexity index is 708. The van der Waals surface area contributed by atoms with Gasteiger partial charge in [0, 0.05) is 18.4 Å². The van der Waals surface area contributed by atoms with Crippen molar-refractivity contribution in [3.05, 3.63) is 46.3 Å². The van der Waals surface area contributed by atoms with Crippen molar-refractivity contribution < 1.29 is 14.3 Å². The number of hydrogen-bond acceptors (Lipinski definition) is 5. The van der Waals surface area contributed by atoms with Gasteiger partial charge in [-0.3, -0.25) is 9.59 Å². The standard InChI is InChI=1S/C15H17NO4S/c1-15(19,9-21-2)8-16-14(18)13-7-11(17)10-5-3-4-6-12(10)20-13/h3-7,19H,8-9H2,1-2H3,(H,16,18). The van der Waals surface area contributed by atoms with E-state index in [4.69, 9.17) is 4.42 Å². The van der Waals surface area contributed by atoms with Gasteiger partial charge in [-0.15, -0.1) is 0 Å². The topological polar surface area (TPSA) is 79.5 Å². The molecule has 0 aliphatic carbocycles. The van der Waals surface area contributed by atoms with Crippen LogP contribution in [-0.2, 0) is 0 Å². The Labute approximate surface area is 126 Å². The molecule has 21 heavy (non-hydrogen) atoms. The summed E-state index contributed by atoms with van der Waals surface area (Å²) in [6.07, 6.45) is 1.87. The Kier molecular flexibility index (Phi) is 4.69. The number of thioether (sulfide) groups is 1. The maximum absolute atomic E-state index is 12.0. The molecule has 2 aromatic rings. The van der Waals surface area contributed by atoms with Gasteiger partial charge in [0.05, 0.1) is 11.0 Å². The van der Waals surface area contributed by atoms with E-state index in [0.29, 0.717) is 16.7 Å². The van der Waals surface area contributed by atoms with E-state index in [0.717, 1.165) is 0 Å². The Morgan fingerprint density at radius 2 is 2.14 bits per heavy atom. The van der Waals surface area contributed by atoms with E-state index in [1.165, 1.54) is 17.8 Å². The summed E-state index contributed by atoms with van der Waals surface area (Å²) >= 11 is 1.49. The lowest BCUT2D eigenvalue weighted by molar-refractivity contribution is 0.0710. The lowest BCUT2D eigenvalue weighted by Crippen LogP contribution is -2.42. The lowest BCUT2D eigenvalue weighted by atomic mass is 10.1. The van der Waals surface area contributed by atoms with E-state index in [1.807, 2.05) is 6.26 Å². The second-order valence-corrected chi connectivity index (χ2v) is 5.95. The van der Waals surface area contributed by atoms with Crippen molar-refractivity contribution in [1.82, 2.24) is 5.32 Å². The highest BCUT2D eigenvalue weighted by molar-refractivity contribution is 7.98. The summed E-state index contributed by atoms with van der Waals surface area (Å²) in [4.78, 5) is 23.9. The number of carbonyl (C=O) groups is 1. The van der Waals surface area contributed by atoms with Crippen LogP contribution in [0.25, 0.3) is 11.0 Å². The van der Waals surface area contributed by atoms with Crippen LogP contribution in [0.5, 0.6) is 0 Å². The summed E-state index contributed by atoms with van der Waals surface area (Å²) in [5, 5.41) is 13.0. The fourth-order valence-electron chi connectivity index (χ4n) is 1.94. The maximum Gasteiger partial charge on any atom is 0.287 e. The van der Waals surface area contributed by atoms with Gasteiger partial charge in [0.15, 0.2) is 11.2 Å². The Morgan fingerprint density at radius 3 is 2.86 bits per heavy atom. The minimum absolute atomic E-state index is 0.0568. The molecule has 1 heterocycles. The largest absolute Gasteiger partial charge is 0.451 e. The van der Waals surface area contributed by atoms with Crippen LogP contribution < -0.4 is 10.7 Å². The molecular formula is C15H17NO4S. The minimum atomic E-state index is -1.01. The van der Waals surface area contributed by atoms with E-state index in [9.17, 15) is 14.7 Å². The van der Waals surface area contributed by atoms with Gasteiger partial charge in [-0.2, -0.15) is 11.8 Å². The number of benzene rings is 1. The zero-order valence-corrected chi connectivity index (χ0v) is 12.7. The first-order valence-corrected chi connectivity index (χ1v) is 7.85. The number of nitrogens with one attached hydrogen (secondary N) is 1. The van der Waals surface area contributed by atoms with Gasteiger partial charge in [0.1, 0.15) is 5.58 Å². The number of para-hydroxylation sites is 1. The maximum atomic E-state index is 12.0. The predicted molar refractivity (Wildman–Crippen MR) is 83.8 cm³/mol. The molecule has 0 saturated carbocycles. The van der Waals surface area contributed by atoms with Crippen molar-refractivity contribution in [2.45, 2.75) is 12.5 Å². The molecule has 6 heteroatoms. The van der Waals surface area contributed by atoms with Crippen molar-refractivity contribution in [2.24, 2.45) is 0 Å². The first kappa shape index (κ1) is 15.6. The minimum Gasteiger partial charge on any atom is -0.451 e. The van der Waals surface area contributed by atoms with Gasteiger partial charge >= 0.3 is 0 Å². The van der Waals surface area contributed by atoms with Crippen LogP contribution in [0.15, 0.2) is 39.5 Å². The van der Waals surface area contributed by atoms with E-state index < -0.39 is 11.5 Å². The highest BCUT2D eigenvalue weighted by Crippen LogP contribution is 2.12. The third-order valence-electron chi connectivity index (χ3n) is 2.94. The number of carbonyl (C=O) groups excluding carboxylic acids is 1. The highest BCUT2D eigenvalue weighted by atomic mass is 32.2. The summed E-state index contributed by atoms with van der Waals surface area (Å²) < 4.78 is 5.43. The van der Waals surface area contributed by atoms with Crippen LogP contribution in [0.1, 0.15) is 17.5 Å². The first-order chi connectivity index (χ1) is 9.93. The van der Waals surface area contributed by atoms with Crippen LogP contribution in [0.2, 0.25) is 0 Å². The molecule has 0 aliphatic heterocycles. The Morgan fingerprint density at radius 1 is 1.43 bits per heavy atom. The second-order valence-electron chi connectivity index (χ2n) is 5.08. The van der Waals surface area contributed by atoms with Gasteiger partial charge in [-0.1, -0.05) is 12.1 Å². The highest BCUT2D eigenvalue weighted by Gasteiger charge is 2.21. The molecule has 112 valence electrons. The molecule has 0 aliphatic rings. The van der Waals surface area contributed by atoms with Crippen molar-refractivity contribution in [2.75, 3.05) is 18.6 Å². The summed E-state index contributed by atoms with van der Waals surface area (Å²) in [5.74, 6) is -0.0764. The number of fused-ring (bicyclic) bond motifs is 1. The molecule has 1 unspecified atom stereocenters. The molecule has 5 nitrogen and oxygen atoms in total. The predicted octanol–water partition coefficient (Wildman–Crippen LogP) is 1.64. The van der Waals surface area contributed by atoms with Gasteiger partial charge in [-0.05, 0) is 25.3 Å². The molecule has 0 saturated heterocycles. The quantitative estimate of drug-likeness (QED) is 0.878. The summed E-state index contributed by atoms with van der Waals surface area (Å²) in [6.45, 7) is 1.73. The molecular weight excluding hydrogens is 290 g/mol. The van der Waals surface area contributed by atoms with Crippen LogP contribution >= 0.6 is 11.8 Å².